The lowest BCUT2D eigenvalue weighted by Gasteiger charge is -2.23. The number of carboxylic acid groups (broad SMARTS) is 1. The molecule has 0 bridgehead atoms. The Morgan fingerprint density at radius 2 is 2.35 bits per heavy atom. The van der Waals surface area contributed by atoms with Gasteiger partial charge in [0.2, 0.25) is 0 Å². The molecule has 1 N–H and O–H groups in total. The molecular formula is C13H18N2O2. The summed E-state index contributed by atoms with van der Waals surface area (Å²) >= 11 is 0. The maximum Gasteiger partial charge on any atom is 0.321 e. The first-order chi connectivity index (χ1) is 8.08. The van der Waals surface area contributed by atoms with Crippen molar-refractivity contribution >= 4 is 5.97 Å². The predicted octanol–water partition coefficient (Wildman–Crippen LogP) is 1.69. The molecule has 2 rings (SSSR count). The van der Waals surface area contributed by atoms with Crippen LogP contribution in [0.5, 0.6) is 0 Å². The number of hydrogen-bond acceptors (Lipinski definition) is 3. The highest BCUT2D eigenvalue weighted by Gasteiger charge is 2.36. The second-order valence-electron chi connectivity index (χ2n) is 4.89. The summed E-state index contributed by atoms with van der Waals surface area (Å²) in [6, 6.07) is 1.71. The minimum absolute atomic E-state index is 0.227. The molecule has 1 aliphatic rings. The van der Waals surface area contributed by atoms with Gasteiger partial charge in [-0.3, -0.25) is 14.7 Å². The average molecular weight is 234 g/mol. The molecule has 1 aromatic rings. The molecule has 0 spiro atoms. The highest BCUT2D eigenvalue weighted by atomic mass is 16.4. The molecule has 2 atom stereocenters. The van der Waals surface area contributed by atoms with Crippen LogP contribution in [0.25, 0.3) is 0 Å². The molecule has 0 radical (unpaired) electrons. The van der Waals surface area contributed by atoms with Gasteiger partial charge in [0.1, 0.15) is 6.04 Å². The summed E-state index contributed by atoms with van der Waals surface area (Å²) in [6.07, 6.45) is 4.58. The number of aryl methyl sites for hydroxylation is 1. The summed E-state index contributed by atoms with van der Waals surface area (Å²) < 4.78 is 0. The Kier molecular flexibility index (Phi) is 3.43. The van der Waals surface area contributed by atoms with Crippen molar-refractivity contribution in [3.63, 3.8) is 0 Å². The van der Waals surface area contributed by atoms with Gasteiger partial charge in [-0.2, -0.15) is 0 Å². The van der Waals surface area contributed by atoms with E-state index in [9.17, 15) is 9.90 Å². The maximum atomic E-state index is 11.2. The lowest BCUT2D eigenvalue weighted by atomic mass is 10.0. The van der Waals surface area contributed by atoms with E-state index >= 15 is 0 Å². The summed E-state index contributed by atoms with van der Waals surface area (Å²) in [4.78, 5) is 17.4. The molecule has 17 heavy (non-hydrogen) atoms. The van der Waals surface area contributed by atoms with Crippen molar-refractivity contribution in [2.24, 2.45) is 5.92 Å². The van der Waals surface area contributed by atoms with Crippen LogP contribution in [-0.4, -0.2) is 33.5 Å². The van der Waals surface area contributed by atoms with Crippen LogP contribution < -0.4 is 0 Å². The number of rotatable bonds is 3. The summed E-state index contributed by atoms with van der Waals surface area (Å²) in [5.74, 6) is -0.485. The zero-order chi connectivity index (χ0) is 12.4. The Morgan fingerprint density at radius 1 is 1.59 bits per heavy atom. The molecule has 2 unspecified atom stereocenters. The van der Waals surface area contributed by atoms with E-state index in [0.29, 0.717) is 6.54 Å². The fourth-order valence-electron chi connectivity index (χ4n) is 2.54. The summed E-state index contributed by atoms with van der Waals surface area (Å²) in [5.41, 5.74) is 2.20. The molecule has 2 heterocycles. The first-order valence-electron chi connectivity index (χ1n) is 5.95. The number of carboxylic acids is 1. The average Bonchev–Trinajstić information content (AvgIpc) is 2.59. The highest BCUT2D eigenvalue weighted by Crippen LogP contribution is 2.25. The zero-order valence-corrected chi connectivity index (χ0v) is 10.3. The molecular weight excluding hydrogens is 216 g/mol. The predicted molar refractivity (Wildman–Crippen MR) is 64.6 cm³/mol. The molecule has 4 nitrogen and oxygen atoms in total. The fraction of sp³-hybridized carbons (Fsp3) is 0.538. The molecule has 1 aromatic heterocycles. The Hall–Kier alpha value is -1.42. The molecule has 0 aromatic carbocycles. The van der Waals surface area contributed by atoms with Gasteiger partial charge in [0.25, 0.3) is 0 Å². The Bertz CT molecular complexity index is 420. The number of likely N-dealkylation sites (tertiary alicyclic amines) is 1. The van der Waals surface area contributed by atoms with Gasteiger partial charge in [0, 0.05) is 18.9 Å². The van der Waals surface area contributed by atoms with E-state index in [2.05, 4.69) is 11.1 Å². The number of nitrogens with zero attached hydrogens (tertiary/aromatic N) is 2. The van der Waals surface area contributed by atoms with Gasteiger partial charge in [-0.15, -0.1) is 0 Å². The SMILES string of the molecule is Cc1cncc(CN2CCC(C)C2C(=O)O)c1. The monoisotopic (exact) mass is 234 g/mol. The largest absolute Gasteiger partial charge is 0.480 e. The molecule has 0 saturated carbocycles. The van der Waals surface area contributed by atoms with E-state index in [-0.39, 0.29) is 12.0 Å². The quantitative estimate of drug-likeness (QED) is 0.864. The normalized spacial score (nSPS) is 25.1. The van der Waals surface area contributed by atoms with E-state index in [4.69, 9.17) is 0 Å². The van der Waals surface area contributed by atoms with Crippen LogP contribution in [0.1, 0.15) is 24.5 Å². The maximum absolute atomic E-state index is 11.2. The van der Waals surface area contributed by atoms with E-state index in [0.717, 1.165) is 24.1 Å². The minimum atomic E-state index is -0.712. The van der Waals surface area contributed by atoms with Crippen LogP contribution in [0.2, 0.25) is 0 Å². The fourth-order valence-corrected chi connectivity index (χ4v) is 2.54. The third-order valence-corrected chi connectivity index (χ3v) is 3.37. The van der Waals surface area contributed by atoms with E-state index in [1.54, 1.807) is 0 Å². The van der Waals surface area contributed by atoms with E-state index < -0.39 is 5.97 Å². The molecule has 92 valence electrons. The van der Waals surface area contributed by atoms with Gasteiger partial charge >= 0.3 is 5.97 Å². The Labute approximate surface area is 101 Å². The van der Waals surface area contributed by atoms with E-state index in [1.165, 1.54) is 0 Å². The van der Waals surface area contributed by atoms with Crippen LogP contribution in [0, 0.1) is 12.8 Å². The Balaban J connectivity index is 2.11. The summed E-state index contributed by atoms with van der Waals surface area (Å²) in [5, 5.41) is 9.23. The number of aromatic nitrogens is 1. The van der Waals surface area contributed by atoms with Crippen molar-refractivity contribution in [1.29, 1.82) is 0 Å². The van der Waals surface area contributed by atoms with Crippen LogP contribution in [0.15, 0.2) is 18.5 Å². The van der Waals surface area contributed by atoms with Crippen molar-refractivity contribution in [3.8, 4) is 0 Å². The van der Waals surface area contributed by atoms with Gasteiger partial charge < -0.3 is 5.11 Å². The smallest absolute Gasteiger partial charge is 0.321 e. The highest BCUT2D eigenvalue weighted by molar-refractivity contribution is 5.74. The van der Waals surface area contributed by atoms with E-state index in [1.807, 2.05) is 31.1 Å². The van der Waals surface area contributed by atoms with Gasteiger partial charge in [-0.1, -0.05) is 13.0 Å². The number of carbonyl (C=O) groups is 1. The third-order valence-electron chi connectivity index (χ3n) is 3.37. The van der Waals surface area contributed by atoms with Crippen LogP contribution in [0.3, 0.4) is 0 Å². The van der Waals surface area contributed by atoms with Gasteiger partial charge in [-0.25, -0.2) is 0 Å². The van der Waals surface area contributed by atoms with Crippen molar-refractivity contribution in [1.82, 2.24) is 9.88 Å². The van der Waals surface area contributed by atoms with Crippen molar-refractivity contribution < 1.29 is 9.90 Å². The topological polar surface area (TPSA) is 53.4 Å². The van der Waals surface area contributed by atoms with Crippen molar-refractivity contribution in [2.75, 3.05) is 6.54 Å². The second-order valence-corrected chi connectivity index (χ2v) is 4.89. The molecule has 0 aliphatic carbocycles. The molecule has 1 fully saturated rings. The molecule has 1 saturated heterocycles. The first kappa shape index (κ1) is 12.0. The minimum Gasteiger partial charge on any atom is -0.480 e. The summed E-state index contributed by atoms with van der Waals surface area (Å²) in [6.45, 7) is 5.53. The van der Waals surface area contributed by atoms with Gasteiger partial charge in [0.05, 0.1) is 0 Å². The third kappa shape index (κ3) is 2.64. The lowest BCUT2D eigenvalue weighted by Crippen LogP contribution is -2.38. The molecule has 0 amide bonds. The van der Waals surface area contributed by atoms with Crippen LogP contribution in [0.4, 0.5) is 0 Å². The van der Waals surface area contributed by atoms with Crippen LogP contribution in [-0.2, 0) is 11.3 Å². The number of aliphatic carboxylic acids is 1. The zero-order valence-electron chi connectivity index (χ0n) is 10.3. The van der Waals surface area contributed by atoms with Crippen LogP contribution >= 0.6 is 0 Å². The van der Waals surface area contributed by atoms with Crippen molar-refractivity contribution in [3.05, 3.63) is 29.6 Å². The standard InChI is InChI=1S/C13H18N2O2/c1-9-5-11(7-14-6-9)8-15-4-3-10(2)12(15)13(16)17/h5-7,10,12H,3-4,8H2,1-2H3,(H,16,17). The van der Waals surface area contributed by atoms with Crippen molar-refractivity contribution in [2.45, 2.75) is 32.9 Å². The molecule has 4 heteroatoms. The lowest BCUT2D eigenvalue weighted by molar-refractivity contribution is -0.143. The first-order valence-corrected chi connectivity index (χ1v) is 5.95. The molecule has 1 aliphatic heterocycles. The van der Waals surface area contributed by atoms with Gasteiger partial charge in [-0.05, 0) is 36.9 Å². The number of pyridine rings is 1. The Morgan fingerprint density at radius 3 is 3.00 bits per heavy atom. The van der Waals surface area contributed by atoms with Gasteiger partial charge in [0.15, 0.2) is 0 Å². The second kappa shape index (κ2) is 4.84. The number of hydrogen-bond donors (Lipinski definition) is 1. The summed E-state index contributed by atoms with van der Waals surface area (Å²) in [7, 11) is 0.